The highest BCUT2D eigenvalue weighted by atomic mass is 35.5. The van der Waals surface area contributed by atoms with Gasteiger partial charge in [0.25, 0.3) is 0 Å². The van der Waals surface area contributed by atoms with Crippen LogP contribution < -0.4 is 5.73 Å². The third-order valence-electron chi connectivity index (χ3n) is 1.81. The van der Waals surface area contributed by atoms with E-state index in [1.165, 1.54) is 6.33 Å². The quantitative estimate of drug-likeness (QED) is 0.723. The Morgan fingerprint density at radius 2 is 1.93 bits per heavy atom. The maximum atomic E-state index is 5.79. The summed E-state index contributed by atoms with van der Waals surface area (Å²) < 4.78 is 0. The third-order valence-corrected chi connectivity index (χ3v) is 2.11. The van der Waals surface area contributed by atoms with Crippen molar-refractivity contribution in [3.05, 3.63) is 36.1 Å². The molecule has 2 aromatic rings. The number of anilines is 1. The molecule has 0 spiro atoms. The van der Waals surface area contributed by atoms with Crippen molar-refractivity contribution in [3.63, 3.8) is 0 Å². The molecule has 4 nitrogen and oxygen atoms in total. The summed E-state index contributed by atoms with van der Waals surface area (Å²) in [5.74, 6) is 0. The van der Waals surface area contributed by atoms with E-state index >= 15 is 0 Å². The first-order valence-electron chi connectivity index (χ1n) is 3.94. The molecular weight excluding hydrogens is 200 g/mol. The van der Waals surface area contributed by atoms with Crippen LogP contribution in [-0.2, 0) is 0 Å². The molecule has 5 heteroatoms. The van der Waals surface area contributed by atoms with E-state index in [1.807, 2.05) is 0 Å². The highest BCUT2D eigenvalue weighted by molar-refractivity contribution is 6.32. The molecule has 70 valence electrons. The number of rotatable bonds is 1. The van der Waals surface area contributed by atoms with Crippen LogP contribution in [-0.4, -0.2) is 15.0 Å². The summed E-state index contributed by atoms with van der Waals surface area (Å²) in [4.78, 5) is 11.7. The Balaban J connectivity index is 2.58. The number of hydrogen-bond acceptors (Lipinski definition) is 4. The molecule has 0 amide bonds. The number of pyridine rings is 1. The molecule has 14 heavy (non-hydrogen) atoms. The Bertz CT molecular complexity index is 444. The van der Waals surface area contributed by atoms with Gasteiger partial charge in [0.15, 0.2) is 5.15 Å². The molecule has 0 aliphatic carbocycles. The molecule has 0 saturated carbocycles. The molecule has 0 atom stereocenters. The average molecular weight is 207 g/mol. The monoisotopic (exact) mass is 206 g/mol. The van der Waals surface area contributed by atoms with Crippen molar-refractivity contribution in [3.8, 4) is 11.1 Å². The topological polar surface area (TPSA) is 64.7 Å². The Labute approximate surface area is 85.8 Å². The van der Waals surface area contributed by atoms with Gasteiger partial charge in [-0.05, 0) is 6.07 Å². The zero-order chi connectivity index (χ0) is 9.97. The predicted octanol–water partition coefficient (Wildman–Crippen LogP) is 1.77. The van der Waals surface area contributed by atoms with Crippen molar-refractivity contribution in [2.24, 2.45) is 0 Å². The SMILES string of the molecule is Nc1c(-c2cncnc2)ccnc1Cl. The first-order valence-corrected chi connectivity index (χ1v) is 4.32. The van der Waals surface area contributed by atoms with Gasteiger partial charge in [-0.2, -0.15) is 0 Å². The van der Waals surface area contributed by atoms with E-state index in [-0.39, 0.29) is 0 Å². The molecule has 0 saturated heterocycles. The van der Waals surface area contributed by atoms with Gasteiger partial charge in [-0.15, -0.1) is 0 Å². The zero-order valence-electron chi connectivity index (χ0n) is 7.18. The molecule has 0 aliphatic heterocycles. The van der Waals surface area contributed by atoms with E-state index < -0.39 is 0 Å². The lowest BCUT2D eigenvalue weighted by Crippen LogP contribution is -1.93. The summed E-state index contributed by atoms with van der Waals surface area (Å²) in [6.07, 6.45) is 6.41. The standard InChI is InChI=1S/C9H7ClN4/c10-9-8(11)7(1-2-14-9)6-3-12-5-13-4-6/h1-5H,11H2. The van der Waals surface area contributed by atoms with Crippen LogP contribution in [0.3, 0.4) is 0 Å². The fourth-order valence-electron chi connectivity index (χ4n) is 1.14. The van der Waals surface area contributed by atoms with Gasteiger partial charge in [-0.25, -0.2) is 15.0 Å². The number of nitrogen functional groups attached to an aromatic ring is 1. The van der Waals surface area contributed by atoms with Gasteiger partial charge in [0.2, 0.25) is 0 Å². The Kier molecular flexibility index (Phi) is 2.28. The van der Waals surface area contributed by atoms with Gasteiger partial charge in [-0.1, -0.05) is 11.6 Å². The predicted molar refractivity (Wildman–Crippen MR) is 54.7 cm³/mol. The Morgan fingerprint density at radius 3 is 2.64 bits per heavy atom. The van der Waals surface area contributed by atoms with Gasteiger partial charge >= 0.3 is 0 Å². The van der Waals surface area contributed by atoms with Crippen molar-refractivity contribution >= 4 is 17.3 Å². The Hall–Kier alpha value is -1.68. The number of halogens is 1. The molecule has 0 bridgehead atoms. The fraction of sp³-hybridized carbons (Fsp3) is 0. The van der Waals surface area contributed by atoms with E-state index in [0.717, 1.165) is 11.1 Å². The van der Waals surface area contributed by atoms with Gasteiger partial charge < -0.3 is 5.73 Å². The first-order chi connectivity index (χ1) is 6.79. The lowest BCUT2D eigenvalue weighted by atomic mass is 10.1. The molecule has 2 aromatic heterocycles. The summed E-state index contributed by atoms with van der Waals surface area (Å²) in [6, 6.07) is 1.78. The van der Waals surface area contributed by atoms with Crippen LogP contribution in [0.4, 0.5) is 5.69 Å². The van der Waals surface area contributed by atoms with Gasteiger partial charge in [0.05, 0.1) is 5.69 Å². The van der Waals surface area contributed by atoms with Gasteiger partial charge in [-0.3, -0.25) is 0 Å². The normalized spacial score (nSPS) is 10.1. The second-order valence-electron chi connectivity index (χ2n) is 2.69. The van der Waals surface area contributed by atoms with Crippen LogP contribution in [0.5, 0.6) is 0 Å². The minimum Gasteiger partial charge on any atom is -0.396 e. The number of nitrogens with zero attached hydrogens (tertiary/aromatic N) is 3. The second kappa shape index (κ2) is 3.59. The van der Waals surface area contributed by atoms with Gasteiger partial charge in [0.1, 0.15) is 6.33 Å². The van der Waals surface area contributed by atoms with E-state index in [2.05, 4.69) is 15.0 Å². The molecule has 2 rings (SSSR count). The van der Waals surface area contributed by atoms with Gasteiger partial charge in [0, 0.05) is 29.7 Å². The summed E-state index contributed by atoms with van der Waals surface area (Å²) in [5, 5.41) is 0.298. The van der Waals surface area contributed by atoms with E-state index in [4.69, 9.17) is 17.3 Å². The first kappa shape index (κ1) is 8.90. The highest BCUT2D eigenvalue weighted by Gasteiger charge is 2.06. The molecule has 0 aromatic carbocycles. The van der Waals surface area contributed by atoms with Crippen LogP contribution in [0, 0.1) is 0 Å². The molecule has 0 aliphatic rings. The average Bonchev–Trinajstić information content (AvgIpc) is 2.23. The molecule has 2 heterocycles. The summed E-state index contributed by atoms with van der Waals surface area (Å²) >= 11 is 5.79. The van der Waals surface area contributed by atoms with Crippen LogP contribution in [0.1, 0.15) is 0 Å². The summed E-state index contributed by atoms with van der Waals surface area (Å²) in [6.45, 7) is 0. The van der Waals surface area contributed by atoms with Crippen molar-refractivity contribution in [2.45, 2.75) is 0 Å². The number of nitrogens with two attached hydrogens (primary N) is 1. The Morgan fingerprint density at radius 1 is 1.21 bits per heavy atom. The summed E-state index contributed by atoms with van der Waals surface area (Å²) in [7, 11) is 0. The van der Waals surface area contributed by atoms with Crippen LogP contribution in [0.15, 0.2) is 31.0 Å². The van der Waals surface area contributed by atoms with E-state index in [0.29, 0.717) is 10.8 Å². The minimum atomic E-state index is 0.298. The number of aromatic nitrogens is 3. The molecule has 0 unspecified atom stereocenters. The van der Waals surface area contributed by atoms with Crippen LogP contribution >= 0.6 is 11.6 Å². The smallest absolute Gasteiger partial charge is 0.152 e. The molecule has 0 fully saturated rings. The van der Waals surface area contributed by atoms with Crippen molar-refractivity contribution in [1.82, 2.24) is 15.0 Å². The molecule has 0 radical (unpaired) electrons. The third kappa shape index (κ3) is 1.52. The largest absolute Gasteiger partial charge is 0.396 e. The highest BCUT2D eigenvalue weighted by Crippen LogP contribution is 2.28. The van der Waals surface area contributed by atoms with Crippen LogP contribution in [0.2, 0.25) is 5.15 Å². The zero-order valence-corrected chi connectivity index (χ0v) is 7.94. The second-order valence-corrected chi connectivity index (χ2v) is 3.05. The molecular formula is C9H7ClN4. The number of hydrogen-bond donors (Lipinski definition) is 1. The maximum absolute atomic E-state index is 5.79. The van der Waals surface area contributed by atoms with Crippen LogP contribution in [0.25, 0.3) is 11.1 Å². The van der Waals surface area contributed by atoms with E-state index in [9.17, 15) is 0 Å². The lowest BCUT2D eigenvalue weighted by molar-refractivity contribution is 1.17. The fourth-order valence-corrected chi connectivity index (χ4v) is 1.30. The van der Waals surface area contributed by atoms with E-state index in [1.54, 1.807) is 24.7 Å². The maximum Gasteiger partial charge on any atom is 0.152 e. The van der Waals surface area contributed by atoms with Crippen molar-refractivity contribution in [2.75, 3.05) is 5.73 Å². The summed E-state index contributed by atoms with van der Waals surface area (Å²) in [5.41, 5.74) is 7.84. The van der Waals surface area contributed by atoms with Crippen molar-refractivity contribution < 1.29 is 0 Å². The van der Waals surface area contributed by atoms with Crippen molar-refractivity contribution in [1.29, 1.82) is 0 Å². The molecule has 2 N–H and O–H groups in total. The lowest BCUT2D eigenvalue weighted by Gasteiger charge is -2.04. The minimum absolute atomic E-state index is 0.298.